The number of hydrogen-bond donors (Lipinski definition) is 2. The number of hydrogen-bond acceptors (Lipinski definition) is 2. The lowest BCUT2D eigenvalue weighted by molar-refractivity contribution is 0.0868. The molecule has 0 bridgehead atoms. The van der Waals surface area contributed by atoms with Crippen LogP contribution in [0, 0.1) is 0 Å². The summed E-state index contributed by atoms with van der Waals surface area (Å²) in [6, 6.07) is 6.79. The van der Waals surface area contributed by atoms with Crippen LogP contribution in [0.2, 0.25) is 5.02 Å². The molecule has 0 aliphatic carbocycles. The molecule has 2 atom stereocenters. The van der Waals surface area contributed by atoms with E-state index in [4.69, 9.17) is 16.3 Å². The first-order chi connectivity index (χ1) is 8.65. The Labute approximate surface area is 112 Å². The minimum Gasteiger partial charge on any atom is -0.376 e. The molecule has 1 saturated heterocycles. The van der Waals surface area contributed by atoms with Crippen LogP contribution in [0.25, 0.3) is 0 Å². The maximum Gasteiger partial charge on any atom is 0.319 e. The molecule has 2 amide bonds. The predicted octanol–water partition coefficient (Wildman–Crippen LogP) is 3.03. The van der Waals surface area contributed by atoms with Gasteiger partial charge in [-0.1, -0.05) is 11.6 Å². The molecule has 1 aromatic carbocycles. The molecule has 0 aromatic heterocycles. The van der Waals surface area contributed by atoms with Gasteiger partial charge in [0, 0.05) is 17.3 Å². The number of rotatable bonds is 3. The normalized spacial score (nSPS) is 20.4. The van der Waals surface area contributed by atoms with Crippen molar-refractivity contribution in [3.63, 3.8) is 0 Å². The molecule has 0 spiro atoms. The Hall–Kier alpha value is -1.26. The van der Waals surface area contributed by atoms with E-state index < -0.39 is 0 Å². The van der Waals surface area contributed by atoms with Crippen LogP contribution >= 0.6 is 11.6 Å². The van der Waals surface area contributed by atoms with Crippen LogP contribution < -0.4 is 10.6 Å². The van der Waals surface area contributed by atoms with E-state index in [1.54, 1.807) is 24.3 Å². The van der Waals surface area contributed by atoms with Crippen LogP contribution in [0.1, 0.15) is 19.8 Å². The molecule has 0 unspecified atom stereocenters. The quantitative estimate of drug-likeness (QED) is 0.885. The molecular weight excluding hydrogens is 252 g/mol. The molecule has 0 radical (unpaired) electrons. The van der Waals surface area contributed by atoms with Crippen LogP contribution in [0.15, 0.2) is 24.3 Å². The van der Waals surface area contributed by atoms with Crippen molar-refractivity contribution in [1.82, 2.24) is 5.32 Å². The SMILES string of the molecule is C[C@H](NC(=O)Nc1ccc(Cl)cc1)[C@H]1CCCO1. The first-order valence-corrected chi connectivity index (χ1v) is 6.47. The average molecular weight is 269 g/mol. The van der Waals surface area contributed by atoms with Gasteiger partial charge in [-0.2, -0.15) is 0 Å². The molecule has 4 nitrogen and oxygen atoms in total. The fraction of sp³-hybridized carbons (Fsp3) is 0.462. The van der Waals surface area contributed by atoms with Gasteiger partial charge >= 0.3 is 6.03 Å². The smallest absolute Gasteiger partial charge is 0.319 e. The lowest BCUT2D eigenvalue weighted by atomic mass is 10.1. The van der Waals surface area contributed by atoms with Gasteiger partial charge in [0.05, 0.1) is 12.1 Å². The maximum atomic E-state index is 11.8. The van der Waals surface area contributed by atoms with E-state index in [2.05, 4.69) is 10.6 Å². The Kier molecular flexibility index (Phi) is 4.44. The second-order valence-electron chi connectivity index (χ2n) is 4.45. The number of nitrogens with one attached hydrogen (secondary N) is 2. The number of ether oxygens (including phenoxy) is 1. The molecule has 98 valence electrons. The third-order valence-corrected chi connectivity index (χ3v) is 3.24. The Morgan fingerprint density at radius 2 is 2.17 bits per heavy atom. The molecule has 1 aromatic rings. The molecule has 2 rings (SSSR count). The van der Waals surface area contributed by atoms with E-state index >= 15 is 0 Å². The maximum absolute atomic E-state index is 11.8. The summed E-state index contributed by atoms with van der Waals surface area (Å²) in [6.45, 7) is 2.74. The van der Waals surface area contributed by atoms with Crippen LogP contribution in [0.3, 0.4) is 0 Å². The highest BCUT2D eigenvalue weighted by molar-refractivity contribution is 6.30. The van der Waals surface area contributed by atoms with E-state index in [1.165, 1.54) is 0 Å². The highest BCUT2D eigenvalue weighted by atomic mass is 35.5. The molecular formula is C13H17ClN2O2. The fourth-order valence-corrected chi connectivity index (χ4v) is 2.12. The topological polar surface area (TPSA) is 50.4 Å². The van der Waals surface area contributed by atoms with Crippen molar-refractivity contribution >= 4 is 23.3 Å². The predicted molar refractivity (Wildman–Crippen MR) is 72.0 cm³/mol. The van der Waals surface area contributed by atoms with E-state index in [0.717, 1.165) is 25.1 Å². The number of amides is 2. The van der Waals surface area contributed by atoms with E-state index in [-0.39, 0.29) is 18.2 Å². The lowest BCUT2D eigenvalue weighted by Gasteiger charge is -2.20. The monoisotopic (exact) mass is 268 g/mol. The Bertz CT molecular complexity index is 402. The molecule has 1 fully saturated rings. The largest absolute Gasteiger partial charge is 0.376 e. The summed E-state index contributed by atoms with van der Waals surface area (Å²) in [5.41, 5.74) is 0.719. The zero-order valence-corrected chi connectivity index (χ0v) is 11.0. The number of benzene rings is 1. The van der Waals surface area contributed by atoms with Crippen molar-refractivity contribution in [1.29, 1.82) is 0 Å². The van der Waals surface area contributed by atoms with Gasteiger partial charge in [-0.15, -0.1) is 0 Å². The van der Waals surface area contributed by atoms with Gasteiger partial charge < -0.3 is 15.4 Å². The fourth-order valence-electron chi connectivity index (χ4n) is 2.00. The van der Waals surface area contributed by atoms with Gasteiger partial charge in [0.2, 0.25) is 0 Å². The summed E-state index contributed by atoms with van der Waals surface area (Å²) in [4.78, 5) is 11.8. The number of halogens is 1. The first-order valence-electron chi connectivity index (χ1n) is 6.10. The van der Waals surface area contributed by atoms with E-state index in [1.807, 2.05) is 6.92 Å². The summed E-state index contributed by atoms with van der Waals surface area (Å²) in [5, 5.41) is 6.28. The van der Waals surface area contributed by atoms with Crippen LogP contribution in [-0.4, -0.2) is 24.8 Å². The summed E-state index contributed by atoms with van der Waals surface area (Å²) in [6.07, 6.45) is 2.19. The third kappa shape index (κ3) is 3.62. The van der Waals surface area contributed by atoms with Crippen molar-refractivity contribution in [3.05, 3.63) is 29.3 Å². The summed E-state index contributed by atoms with van der Waals surface area (Å²) >= 11 is 5.77. The zero-order chi connectivity index (χ0) is 13.0. The van der Waals surface area contributed by atoms with Gasteiger partial charge in [-0.05, 0) is 44.0 Å². The zero-order valence-electron chi connectivity index (χ0n) is 10.3. The lowest BCUT2D eigenvalue weighted by Crippen LogP contribution is -2.42. The Morgan fingerprint density at radius 1 is 1.44 bits per heavy atom. The molecule has 5 heteroatoms. The van der Waals surface area contributed by atoms with Gasteiger partial charge in [0.15, 0.2) is 0 Å². The van der Waals surface area contributed by atoms with Crippen molar-refractivity contribution in [2.45, 2.75) is 31.9 Å². The Balaban J connectivity index is 1.82. The van der Waals surface area contributed by atoms with Crippen molar-refractivity contribution in [3.8, 4) is 0 Å². The van der Waals surface area contributed by atoms with Gasteiger partial charge in [0.25, 0.3) is 0 Å². The first kappa shape index (κ1) is 13.2. The van der Waals surface area contributed by atoms with Crippen LogP contribution in [0.5, 0.6) is 0 Å². The molecule has 1 aliphatic rings. The molecule has 1 heterocycles. The van der Waals surface area contributed by atoms with E-state index in [0.29, 0.717) is 5.02 Å². The summed E-state index contributed by atoms with van der Waals surface area (Å²) < 4.78 is 5.52. The van der Waals surface area contributed by atoms with Crippen molar-refractivity contribution < 1.29 is 9.53 Å². The average Bonchev–Trinajstić information content (AvgIpc) is 2.85. The second kappa shape index (κ2) is 6.07. The van der Waals surface area contributed by atoms with Crippen LogP contribution in [-0.2, 0) is 4.74 Å². The van der Waals surface area contributed by atoms with Crippen LogP contribution in [0.4, 0.5) is 10.5 Å². The molecule has 1 aliphatic heterocycles. The minimum absolute atomic E-state index is 0.0137. The second-order valence-corrected chi connectivity index (χ2v) is 4.88. The van der Waals surface area contributed by atoms with E-state index in [9.17, 15) is 4.79 Å². The summed E-state index contributed by atoms with van der Waals surface area (Å²) in [5.74, 6) is 0. The molecule has 2 N–H and O–H groups in total. The van der Waals surface area contributed by atoms with Gasteiger partial charge in [0.1, 0.15) is 0 Å². The summed E-state index contributed by atoms with van der Waals surface area (Å²) in [7, 11) is 0. The standard InChI is InChI=1S/C13H17ClN2O2/c1-9(12-3-2-8-18-12)15-13(17)16-11-6-4-10(14)5-7-11/h4-7,9,12H,2-3,8H2,1H3,(H2,15,16,17)/t9-,12+/m0/s1. The third-order valence-electron chi connectivity index (χ3n) is 2.98. The van der Waals surface area contributed by atoms with Crippen molar-refractivity contribution in [2.75, 3.05) is 11.9 Å². The molecule has 18 heavy (non-hydrogen) atoms. The number of anilines is 1. The van der Waals surface area contributed by atoms with Gasteiger partial charge in [-0.25, -0.2) is 4.79 Å². The number of carbonyl (C=O) groups excluding carboxylic acids is 1. The molecule has 0 saturated carbocycles. The highest BCUT2D eigenvalue weighted by Gasteiger charge is 2.23. The Morgan fingerprint density at radius 3 is 2.78 bits per heavy atom. The minimum atomic E-state index is -0.222. The number of urea groups is 1. The van der Waals surface area contributed by atoms with Crippen molar-refractivity contribution in [2.24, 2.45) is 0 Å². The highest BCUT2D eigenvalue weighted by Crippen LogP contribution is 2.16. The van der Waals surface area contributed by atoms with Gasteiger partial charge in [-0.3, -0.25) is 0 Å². The number of carbonyl (C=O) groups is 1.